The number of allylic oxidation sites excluding steroid dienone is 4. The van der Waals surface area contributed by atoms with Crippen LogP contribution in [0.2, 0.25) is 0 Å². The van der Waals surface area contributed by atoms with Crippen LogP contribution < -0.4 is 5.84 Å². The largest absolute Gasteiger partial charge is 0.323 e. The molecule has 0 amide bonds. The standard InChI is InChI=1S/C7H9N3/c1-9-6-2-4-7(10-8)5-3-6/h2-5H,8H2,1H3. The van der Waals surface area contributed by atoms with Crippen molar-refractivity contribution in [1.29, 1.82) is 0 Å². The Morgan fingerprint density at radius 2 is 1.60 bits per heavy atom. The smallest absolute Gasteiger partial charge is 0.0828 e. The molecule has 0 unspecified atom stereocenters. The van der Waals surface area contributed by atoms with Crippen LogP contribution >= 0.6 is 0 Å². The van der Waals surface area contributed by atoms with Crippen LogP contribution in [0, 0.1) is 0 Å². The molecule has 0 aromatic heterocycles. The van der Waals surface area contributed by atoms with E-state index in [2.05, 4.69) is 10.1 Å². The average molecular weight is 135 g/mol. The molecule has 0 radical (unpaired) electrons. The van der Waals surface area contributed by atoms with E-state index in [9.17, 15) is 0 Å². The molecule has 0 aromatic carbocycles. The Bertz CT molecular complexity index is 191. The maximum absolute atomic E-state index is 5.04. The van der Waals surface area contributed by atoms with Gasteiger partial charge in [-0.3, -0.25) is 4.99 Å². The van der Waals surface area contributed by atoms with Crippen molar-refractivity contribution >= 4 is 11.4 Å². The normalized spacial score (nSPS) is 15.7. The Morgan fingerprint density at radius 3 is 2.00 bits per heavy atom. The molecule has 1 aliphatic rings. The second-order valence-corrected chi connectivity index (χ2v) is 1.87. The molecule has 0 atom stereocenters. The van der Waals surface area contributed by atoms with E-state index in [1.54, 1.807) is 7.05 Å². The van der Waals surface area contributed by atoms with Gasteiger partial charge in [0.05, 0.1) is 11.4 Å². The molecule has 10 heavy (non-hydrogen) atoms. The molecular formula is C7H9N3. The lowest BCUT2D eigenvalue weighted by molar-refractivity contribution is 1.25. The summed E-state index contributed by atoms with van der Waals surface area (Å²) in [6.07, 6.45) is 7.38. The third-order valence-corrected chi connectivity index (χ3v) is 1.26. The fraction of sp³-hybridized carbons (Fsp3) is 0.143. The van der Waals surface area contributed by atoms with Crippen molar-refractivity contribution in [3.63, 3.8) is 0 Å². The fourth-order valence-corrected chi connectivity index (χ4v) is 0.688. The third kappa shape index (κ3) is 1.31. The van der Waals surface area contributed by atoms with Gasteiger partial charge in [0.25, 0.3) is 0 Å². The van der Waals surface area contributed by atoms with E-state index in [1.165, 1.54) is 0 Å². The number of hydrogen-bond acceptors (Lipinski definition) is 3. The van der Waals surface area contributed by atoms with Gasteiger partial charge in [0.1, 0.15) is 0 Å². The van der Waals surface area contributed by atoms with Crippen LogP contribution in [0.1, 0.15) is 0 Å². The monoisotopic (exact) mass is 135 g/mol. The van der Waals surface area contributed by atoms with Crippen molar-refractivity contribution in [3.8, 4) is 0 Å². The van der Waals surface area contributed by atoms with E-state index in [0.29, 0.717) is 0 Å². The van der Waals surface area contributed by atoms with Gasteiger partial charge in [-0.1, -0.05) is 0 Å². The van der Waals surface area contributed by atoms with Crippen LogP contribution in [0.4, 0.5) is 0 Å². The second-order valence-electron chi connectivity index (χ2n) is 1.87. The Balaban J connectivity index is 2.81. The summed E-state index contributed by atoms with van der Waals surface area (Å²) in [5, 5.41) is 3.50. The topological polar surface area (TPSA) is 50.7 Å². The highest BCUT2D eigenvalue weighted by Gasteiger charge is 1.95. The van der Waals surface area contributed by atoms with Crippen molar-refractivity contribution in [3.05, 3.63) is 24.3 Å². The van der Waals surface area contributed by atoms with Crippen LogP contribution in [0.25, 0.3) is 0 Å². The predicted octanol–water partition coefficient (Wildman–Crippen LogP) is 0.498. The summed E-state index contributed by atoms with van der Waals surface area (Å²) >= 11 is 0. The first-order valence-electron chi connectivity index (χ1n) is 2.97. The van der Waals surface area contributed by atoms with E-state index in [-0.39, 0.29) is 0 Å². The number of hydrogen-bond donors (Lipinski definition) is 1. The molecular weight excluding hydrogens is 126 g/mol. The summed E-state index contributed by atoms with van der Waals surface area (Å²) in [5.74, 6) is 5.04. The van der Waals surface area contributed by atoms with Crippen molar-refractivity contribution in [1.82, 2.24) is 0 Å². The Morgan fingerprint density at radius 1 is 1.10 bits per heavy atom. The number of nitrogens with zero attached hydrogens (tertiary/aromatic N) is 2. The summed E-state index contributed by atoms with van der Waals surface area (Å²) < 4.78 is 0. The summed E-state index contributed by atoms with van der Waals surface area (Å²) in [4.78, 5) is 3.96. The molecule has 52 valence electrons. The maximum atomic E-state index is 5.04. The number of nitrogens with two attached hydrogens (primary N) is 1. The minimum atomic E-state index is 0.771. The van der Waals surface area contributed by atoms with Crippen LogP contribution in [-0.2, 0) is 0 Å². The lowest BCUT2D eigenvalue weighted by Crippen LogP contribution is -2.01. The van der Waals surface area contributed by atoms with Gasteiger partial charge in [-0.2, -0.15) is 5.10 Å². The average Bonchev–Trinajstić information content (AvgIpc) is 2.05. The predicted molar refractivity (Wildman–Crippen MR) is 43.3 cm³/mol. The molecule has 0 bridgehead atoms. The van der Waals surface area contributed by atoms with Crippen molar-refractivity contribution in [2.45, 2.75) is 0 Å². The van der Waals surface area contributed by atoms with Gasteiger partial charge in [0.15, 0.2) is 0 Å². The van der Waals surface area contributed by atoms with Gasteiger partial charge >= 0.3 is 0 Å². The highest BCUT2D eigenvalue weighted by Crippen LogP contribution is 1.95. The van der Waals surface area contributed by atoms with Gasteiger partial charge in [-0.15, -0.1) is 0 Å². The van der Waals surface area contributed by atoms with E-state index in [0.717, 1.165) is 11.4 Å². The maximum Gasteiger partial charge on any atom is 0.0828 e. The quantitative estimate of drug-likeness (QED) is 0.293. The van der Waals surface area contributed by atoms with E-state index >= 15 is 0 Å². The van der Waals surface area contributed by atoms with Crippen LogP contribution in [0.15, 0.2) is 34.4 Å². The number of rotatable bonds is 0. The molecule has 0 heterocycles. The number of hydrazone groups is 1. The van der Waals surface area contributed by atoms with Gasteiger partial charge in [-0.25, -0.2) is 0 Å². The third-order valence-electron chi connectivity index (χ3n) is 1.26. The summed E-state index contributed by atoms with van der Waals surface area (Å²) in [7, 11) is 1.74. The molecule has 1 rings (SSSR count). The van der Waals surface area contributed by atoms with Crippen LogP contribution in [0.5, 0.6) is 0 Å². The van der Waals surface area contributed by atoms with Crippen molar-refractivity contribution in [2.24, 2.45) is 15.9 Å². The lowest BCUT2D eigenvalue weighted by atomic mass is 10.1. The Kier molecular flexibility index (Phi) is 1.99. The molecule has 1 aliphatic carbocycles. The first-order valence-corrected chi connectivity index (χ1v) is 2.97. The Labute approximate surface area is 59.6 Å². The van der Waals surface area contributed by atoms with Crippen LogP contribution in [0.3, 0.4) is 0 Å². The number of aliphatic imine (C=N–C) groups is 1. The minimum Gasteiger partial charge on any atom is -0.323 e. The molecule has 0 fully saturated rings. The molecule has 0 saturated carbocycles. The Hall–Kier alpha value is -1.38. The summed E-state index contributed by atoms with van der Waals surface area (Å²) in [6.45, 7) is 0. The van der Waals surface area contributed by atoms with E-state index < -0.39 is 0 Å². The van der Waals surface area contributed by atoms with E-state index in [4.69, 9.17) is 5.84 Å². The fourth-order valence-electron chi connectivity index (χ4n) is 0.688. The highest BCUT2D eigenvalue weighted by atomic mass is 15.1. The minimum absolute atomic E-state index is 0.771. The van der Waals surface area contributed by atoms with Crippen molar-refractivity contribution < 1.29 is 0 Å². The van der Waals surface area contributed by atoms with Gasteiger partial charge in [-0.05, 0) is 24.3 Å². The zero-order valence-corrected chi connectivity index (χ0v) is 5.78. The summed E-state index contributed by atoms with van der Waals surface area (Å²) in [6, 6.07) is 0. The summed E-state index contributed by atoms with van der Waals surface area (Å²) in [5.41, 5.74) is 1.71. The van der Waals surface area contributed by atoms with E-state index in [1.807, 2.05) is 24.3 Å². The lowest BCUT2D eigenvalue weighted by Gasteiger charge is -1.97. The van der Waals surface area contributed by atoms with Gasteiger partial charge < -0.3 is 5.84 Å². The first-order chi connectivity index (χ1) is 4.86. The molecule has 0 aliphatic heterocycles. The highest BCUT2D eigenvalue weighted by molar-refractivity contribution is 6.18. The molecule has 0 saturated heterocycles. The van der Waals surface area contributed by atoms with Crippen molar-refractivity contribution in [2.75, 3.05) is 7.05 Å². The zero-order chi connectivity index (χ0) is 7.40. The van der Waals surface area contributed by atoms with Gasteiger partial charge in [0.2, 0.25) is 0 Å². The molecule has 0 spiro atoms. The second kappa shape index (κ2) is 2.96. The molecule has 3 nitrogen and oxygen atoms in total. The van der Waals surface area contributed by atoms with Gasteiger partial charge in [0, 0.05) is 7.05 Å². The zero-order valence-electron chi connectivity index (χ0n) is 5.78. The molecule has 3 heteroatoms. The SMILES string of the molecule is CN=C1C=CC(=NN)C=C1. The molecule has 0 aromatic rings. The first kappa shape index (κ1) is 6.74. The molecule has 2 N–H and O–H groups in total. The van der Waals surface area contributed by atoms with Crippen LogP contribution in [-0.4, -0.2) is 18.5 Å².